The van der Waals surface area contributed by atoms with Crippen molar-refractivity contribution in [1.82, 2.24) is 10.6 Å². The van der Waals surface area contributed by atoms with Gasteiger partial charge in [0.05, 0.1) is 172 Å². The number of carboxylic acids is 1. The average Bonchev–Trinajstić information content (AvgIpc) is 3.22. The Bertz CT molecular complexity index is 1020. The van der Waals surface area contributed by atoms with E-state index in [0.29, 0.717) is 145 Å². The van der Waals surface area contributed by atoms with Crippen LogP contribution < -0.4 is 10.6 Å². The molecule has 0 aromatic rings. The Balaban J connectivity index is 1.74. The Morgan fingerprint density at radius 1 is 0.517 bits per heavy atom. The van der Waals surface area contributed by atoms with Gasteiger partial charge in [-0.2, -0.15) is 0 Å². The Labute approximate surface area is 351 Å². The Kier molecular flexibility index (Phi) is 37.9. The van der Waals surface area contributed by atoms with E-state index in [-0.39, 0.29) is 26.2 Å². The largest absolute Gasteiger partial charge is 0.481 e. The van der Waals surface area contributed by atoms with Crippen molar-refractivity contribution in [2.24, 2.45) is 0 Å². The van der Waals surface area contributed by atoms with Crippen LogP contribution in [0.1, 0.15) is 13.3 Å². The van der Waals surface area contributed by atoms with Gasteiger partial charge in [-0.1, -0.05) is 0 Å². The van der Waals surface area contributed by atoms with Crippen molar-refractivity contribution in [2.45, 2.75) is 44.0 Å². The number of aliphatic carboxylic acids is 1. The molecule has 0 radical (unpaired) electrons. The van der Waals surface area contributed by atoms with Crippen LogP contribution in [0.3, 0.4) is 0 Å². The third-order valence-corrected chi connectivity index (χ3v) is 7.75. The summed E-state index contributed by atoms with van der Waals surface area (Å²) in [5, 5.41) is 43.2. The van der Waals surface area contributed by atoms with Crippen molar-refractivity contribution < 1.29 is 101 Å². The zero-order valence-corrected chi connectivity index (χ0v) is 34.9. The van der Waals surface area contributed by atoms with E-state index in [2.05, 4.69) is 10.6 Å². The fourth-order valence-corrected chi connectivity index (χ4v) is 4.76. The van der Waals surface area contributed by atoms with Gasteiger partial charge in [-0.25, -0.2) is 0 Å². The van der Waals surface area contributed by atoms with Crippen LogP contribution in [0.2, 0.25) is 0 Å². The molecule has 0 aromatic carbocycles. The quantitative estimate of drug-likeness (QED) is 0.0328. The summed E-state index contributed by atoms with van der Waals surface area (Å²) in [4.78, 5) is 34.0. The first-order chi connectivity index (χ1) is 29.3. The number of carbonyl (C=O) groups excluding carboxylic acids is 2. The van der Waals surface area contributed by atoms with E-state index in [9.17, 15) is 29.7 Å². The van der Waals surface area contributed by atoms with Crippen molar-refractivity contribution in [3.63, 3.8) is 0 Å². The minimum Gasteiger partial charge on any atom is -0.481 e. The minimum atomic E-state index is -1.46. The van der Waals surface area contributed by atoms with Crippen LogP contribution in [0, 0.1) is 0 Å². The molecule has 0 aromatic heterocycles. The van der Waals surface area contributed by atoms with Crippen molar-refractivity contribution in [3.8, 4) is 0 Å². The van der Waals surface area contributed by atoms with E-state index in [4.69, 9.17) is 71.4 Å². The molecule has 0 saturated carbocycles. The molecule has 60 heavy (non-hydrogen) atoms. The highest BCUT2D eigenvalue weighted by atomic mass is 16.7. The molecular formula is C37H70N2O21. The summed E-state index contributed by atoms with van der Waals surface area (Å²) >= 11 is 0. The number of hydrogen-bond acceptors (Lipinski definition) is 20. The van der Waals surface area contributed by atoms with Gasteiger partial charge in [0.1, 0.15) is 31.0 Å². The second kappa shape index (κ2) is 40.8. The fraction of sp³-hybridized carbons (Fsp3) is 0.919. The molecule has 1 aliphatic rings. The van der Waals surface area contributed by atoms with Gasteiger partial charge in [0.25, 0.3) is 0 Å². The maximum Gasteiger partial charge on any atom is 0.305 e. The first-order valence-corrected chi connectivity index (χ1v) is 20.2. The number of rotatable bonds is 44. The third-order valence-electron chi connectivity index (χ3n) is 7.75. The molecule has 1 heterocycles. The second-order valence-electron chi connectivity index (χ2n) is 12.6. The van der Waals surface area contributed by atoms with Gasteiger partial charge < -0.3 is 97.4 Å². The van der Waals surface area contributed by atoms with Crippen LogP contribution in [0.25, 0.3) is 0 Å². The topological polar surface area (TPSA) is 285 Å². The molecule has 0 aliphatic carbocycles. The van der Waals surface area contributed by atoms with Gasteiger partial charge in [-0.15, -0.1) is 0 Å². The zero-order chi connectivity index (χ0) is 43.7. The van der Waals surface area contributed by atoms with Crippen LogP contribution in [0.4, 0.5) is 0 Å². The first-order valence-electron chi connectivity index (χ1n) is 20.2. The van der Waals surface area contributed by atoms with Crippen LogP contribution >= 0.6 is 0 Å². The lowest BCUT2D eigenvalue weighted by Gasteiger charge is -2.42. The predicted octanol–water partition coefficient (Wildman–Crippen LogP) is -3.26. The van der Waals surface area contributed by atoms with Crippen molar-refractivity contribution in [2.75, 3.05) is 178 Å². The number of amides is 2. The van der Waals surface area contributed by atoms with Crippen molar-refractivity contribution >= 4 is 17.8 Å². The molecule has 0 spiro atoms. The maximum atomic E-state index is 12.1. The van der Waals surface area contributed by atoms with Crippen LogP contribution in [0.5, 0.6) is 0 Å². The highest BCUT2D eigenvalue weighted by Crippen LogP contribution is 2.22. The number of carbonyl (C=O) groups is 3. The number of carboxylic acid groups (broad SMARTS) is 1. The van der Waals surface area contributed by atoms with Gasteiger partial charge in [-0.3, -0.25) is 14.4 Å². The third kappa shape index (κ3) is 33.4. The summed E-state index contributed by atoms with van der Waals surface area (Å²) in [5.41, 5.74) is 0. The van der Waals surface area contributed by atoms with Crippen LogP contribution in [0.15, 0.2) is 0 Å². The summed E-state index contributed by atoms with van der Waals surface area (Å²) < 4.78 is 75.7. The van der Waals surface area contributed by atoms with Gasteiger partial charge in [0.2, 0.25) is 11.8 Å². The SMILES string of the molecule is CC(=O)NC1C(OCC(=O)NCCOCCOCCOCCOCCOCCOCCOCCOCCOCCOCCOCCOCCC(=O)O)OC(CO)C(O)C1O. The lowest BCUT2D eigenvalue weighted by atomic mass is 9.97. The average molecular weight is 879 g/mol. The smallest absolute Gasteiger partial charge is 0.305 e. The second-order valence-corrected chi connectivity index (χ2v) is 12.6. The summed E-state index contributed by atoms with van der Waals surface area (Å²) in [6.07, 6.45) is -5.33. The summed E-state index contributed by atoms with van der Waals surface area (Å²) in [6, 6.07) is -1.13. The number of nitrogens with one attached hydrogen (secondary N) is 2. The fourth-order valence-electron chi connectivity index (χ4n) is 4.76. The number of ether oxygens (including phenoxy) is 14. The molecule has 1 saturated heterocycles. The van der Waals surface area contributed by atoms with E-state index in [1.165, 1.54) is 6.92 Å². The van der Waals surface area contributed by atoms with Crippen molar-refractivity contribution in [3.05, 3.63) is 0 Å². The molecule has 5 atom stereocenters. The molecule has 6 N–H and O–H groups in total. The van der Waals surface area contributed by atoms with Gasteiger partial charge in [-0.05, 0) is 0 Å². The summed E-state index contributed by atoms with van der Waals surface area (Å²) in [5.74, 6) is -1.87. The highest BCUT2D eigenvalue weighted by Gasteiger charge is 2.45. The molecule has 23 nitrogen and oxygen atoms in total. The van der Waals surface area contributed by atoms with Crippen molar-refractivity contribution in [1.29, 1.82) is 0 Å². The van der Waals surface area contributed by atoms with E-state index in [1.807, 2.05) is 0 Å². The molecule has 5 unspecified atom stereocenters. The standard InChI is InChI=1S/C37H70N2O21/c1-30(41)39-34-36(46)35(45)31(28-40)60-37(34)59-29-32(42)38-3-5-48-7-9-50-11-13-52-15-17-54-19-21-56-23-25-58-27-26-57-24-22-55-20-18-53-16-14-51-12-10-49-8-6-47-4-2-33(43)44/h31,34-37,40,45-46H,2-29H2,1H3,(H,38,42)(H,39,41)(H,43,44). The molecule has 23 heteroatoms. The van der Waals surface area contributed by atoms with Gasteiger partial charge in [0, 0.05) is 13.5 Å². The van der Waals surface area contributed by atoms with Crippen LogP contribution in [-0.4, -0.2) is 247 Å². The Morgan fingerprint density at radius 3 is 1.17 bits per heavy atom. The van der Waals surface area contributed by atoms with Gasteiger partial charge >= 0.3 is 5.97 Å². The lowest BCUT2D eigenvalue weighted by molar-refractivity contribution is -0.268. The van der Waals surface area contributed by atoms with Crippen LogP contribution in [-0.2, 0) is 80.7 Å². The zero-order valence-electron chi connectivity index (χ0n) is 34.9. The number of aliphatic hydroxyl groups excluding tert-OH is 3. The summed E-state index contributed by atoms with van der Waals surface area (Å²) in [6.45, 7) is 10.1. The molecule has 1 rings (SSSR count). The normalized spacial score (nSPS) is 19.1. The number of aliphatic hydroxyl groups is 3. The summed E-state index contributed by atoms with van der Waals surface area (Å²) in [7, 11) is 0. The van der Waals surface area contributed by atoms with E-state index in [1.54, 1.807) is 0 Å². The van der Waals surface area contributed by atoms with Gasteiger partial charge in [0.15, 0.2) is 6.29 Å². The number of hydrogen-bond donors (Lipinski definition) is 6. The molecule has 2 amide bonds. The molecular weight excluding hydrogens is 808 g/mol. The Morgan fingerprint density at radius 2 is 0.850 bits per heavy atom. The van der Waals surface area contributed by atoms with E-state index < -0.39 is 61.6 Å². The maximum absolute atomic E-state index is 12.1. The molecule has 354 valence electrons. The highest BCUT2D eigenvalue weighted by molar-refractivity contribution is 5.77. The first kappa shape index (κ1) is 55.7. The van der Waals surface area contributed by atoms with E-state index >= 15 is 0 Å². The van der Waals surface area contributed by atoms with E-state index in [0.717, 1.165) is 0 Å². The lowest BCUT2D eigenvalue weighted by Crippen LogP contribution is -2.64. The molecule has 1 aliphatic heterocycles. The molecule has 1 fully saturated rings. The minimum absolute atomic E-state index is 0.0158. The molecule has 0 bridgehead atoms. The monoisotopic (exact) mass is 878 g/mol. The Hall–Kier alpha value is -2.27. The predicted molar refractivity (Wildman–Crippen MR) is 206 cm³/mol.